The van der Waals surface area contributed by atoms with E-state index in [0.29, 0.717) is 12.4 Å². The van der Waals surface area contributed by atoms with Gasteiger partial charge in [-0.05, 0) is 19.8 Å². The maximum Gasteiger partial charge on any atom is 0.180 e. The lowest BCUT2D eigenvalue weighted by Gasteiger charge is -2.37. The fourth-order valence-corrected chi connectivity index (χ4v) is 2.60. The van der Waals surface area contributed by atoms with Gasteiger partial charge in [0.2, 0.25) is 0 Å². The molecule has 7 nitrogen and oxygen atoms in total. The molecule has 0 bridgehead atoms. The lowest BCUT2D eigenvalue weighted by molar-refractivity contribution is 0.0448. The van der Waals surface area contributed by atoms with Crippen LogP contribution in [0.5, 0.6) is 0 Å². The van der Waals surface area contributed by atoms with E-state index in [0.717, 1.165) is 30.9 Å². The van der Waals surface area contributed by atoms with Crippen molar-refractivity contribution < 1.29 is 5.11 Å². The van der Waals surface area contributed by atoms with Crippen molar-refractivity contribution in [1.82, 2.24) is 14.4 Å². The predicted octanol–water partition coefficient (Wildman–Crippen LogP) is 0.366. The average Bonchev–Trinajstić information content (AvgIpc) is 2.84. The van der Waals surface area contributed by atoms with Crippen LogP contribution in [0.15, 0.2) is 18.6 Å². The Bertz CT molecular complexity index is 593. The molecule has 1 aliphatic heterocycles. The highest BCUT2D eigenvalue weighted by molar-refractivity contribution is 5.67. The van der Waals surface area contributed by atoms with Crippen molar-refractivity contribution in [2.45, 2.75) is 25.4 Å². The third kappa shape index (κ3) is 2.22. The van der Waals surface area contributed by atoms with Gasteiger partial charge in [0.1, 0.15) is 0 Å². The predicted molar refractivity (Wildman–Crippen MR) is 72.9 cm³/mol. The minimum atomic E-state index is -0.685. The largest absolute Gasteiger partial charge is 0.388 e. The number of fused-ring (bicyclic) bond motifs is 1. The standard InChI is InChI=1S/C12H18N6O/c1-12(19)3-2-5-18(8-12)11-10-14-4-6-17(10)7-9(15-11)16-13/h4,6-7,16,19H,2-3,5,8,13H2,1H3. The smallest absolute Gasteiger partial charge is 0.180 e. The molecule has 4 N–H and O–H groups in total. The zero-order valence-electron chi connectivity index (χ0n) is 10.9. The van der Waals surface area contributed by atoms with Gasteiger partial charge in [-0.1, -0.05) is 0 Å². The third-order valence-electron chi connectivity index (χ3n) is 3.48. The third-order valence-corrected chi connectivity index (χ3v) is 3.48. The fourth-order valence-electron chi connectivity index (χ4n) is 2.60. The van der Waals surface area contributed by atoms with E-state index in [2.05, 4.69) is 20.3 Å². The first-order valence-electron chi connectivity index (χ1n) is 6.37. The minimum absolute atomic E-state index is 0.552. The summed E-state index contributed by atoms with van der Waals surface area (Å²) in [5, 5.41) is 10.2. The Labute approximate surface area is 111 Å². The first-order chi connectivity index (χ1) is 9.09. The number of aliphatic hydroxyl groups is 1. The molecule has 102 valence electrons. The second-order valence-corrected chi connectivity index (χ2v) is 5.27. The maximum atomic E-state index is 10.2. The summed E-state index contributed by atoms with van der Waals surface area (Å²) in [6, 6.07) is 0. The molecule has 0 saturated carbocycles. The number of rotatable bonds is 2. The van der Waals surface area contributed by atoms with Crippen molar-refractivity contribution in [3.63, 3.8) is 0 Å². The highest BCUT2D eigenvalue weighted by atomic mass is 16.3. The zero-order valence-corrected chi connectivity index (χ0v) is 10.9. The number of β-amino-alcohol motifs (C(OH)–C–C–N with tert-alkyl or cyclic N) is 1. The van der Waals surface area contributed by atoms with Gasteiger partial charge in [0.05, 0.1) is 11.8 Å². The molecule has 0 amide bonds. The van der Waals surface area contributed by atoms with E-state index >= 15 is 0 Å². The number of nitrogens with zero attached hydrogens (tertiary/aromatic N) is 4. The molecule has 2 aromatic rings. The molecule has 0 aromatic carbocycles. The van der Waals surface area contributed by atoms with Gasteiger partial charge in [0, 0.05) is 25.5 Å². The molecular weight excluding hydrogens is 244 g/mol. The minimum Gasteiger partial charge on any atom is -0.388 e. The number of nitrogens with two attached hydrogens (primary N) is 1. The van der Waals surface area contributed by atoms with Crippen molar-refractivity contribution in [1.29, 1.82) is 0 Å². The van der Waals surface area contributed by atoms with Crippen LogP contribution in [-0.4, -0.2) is 38.2 Å². The first kappa shape index (κ1) is 12.2. The Balaban J connectivity index is 2.05. The molecule has 3 heterocycles. The number of hydrazine groups is 1. The molecule has 1 aliphatic rings. The van der Waals surface area contributed by atoms with Gasteiger partial charge >= 0.3 is 0 Å². The van der Waals surface area contributed by atoms with Gasteiger partial charge in [-0.25, -0.2) is 15.8 Å². The molecular formula is C12H18N6O. The first-order valence-corrected chi connectivity index (χ1v) is 6.37. The fraction of sp³-hybridized carbons (Fsp3) is 0.500. The molecule has 1 unspecified atom stereocenters. The molecule has 19 heavy (non-hydrogen) atoms. The van der Waals surface area contributed by atoms with E-state index in [4.69, 9.17) is 5.84 Å². The normalized spacial score (nSPS) is 23.8. The average molecular weight is 262 g/mol. The van der Waals surface area contributed by atoms with Crippen molar-refractivity contribution in [3.05, 3.63) is 18.6 Å². The number of imidazole rings is 1. The van der Waals surface area contributed by atoms with Gasteiger partial charge in [-0.3, -0.25) is 0 Å². The molecule has 0 spiro atoms. The second kappa shape index (κ2) is 4.36. The number of anilines is 2. The van der Waals surface area contributed by atoms with Gasteiger partial charge in [-0.2, -0.15) is 0 Å². The molecule has 1 fully saturated rings. The van der Waals surface area contributed by atoms with Crippen LogP contribution in [0, 0.1) is 0 Å². The van der Waals surface area contributed by atoms with Crippen molar-refractivity contribution in [2.24, 2.45) is 5.84 Å². The summed E-state index contributed by atoms with van der Waals surface area (Å²) < 4.78 is 1.88. The van der Waals surface area contributed by atoms with Crippen molar-refractivity contribution >= 4 is 17.3 Å². The molecule has 3 rings (SSSR count). The van der Waals surface area contributed by atoms with Crippen molar-refractivity contribution in [3.8, 4) is 0 Å². The van der Waals surface area contributed by atoms with E-state index in [1.54, 1.807) is 12.4 Å². The number of nitrogens with one attached hydrogen (secondary N) is 1. The van der Waals surface area contributed by atoms with E-state index in [1.165, 1.54) is 0 Å². The molecule has 7 heteroatoms. The number of hydrogen-bond donors (Lipinski definition) is 3. The Morgan fingerprint density at radius 1 is 1.53 bits per heavy atom. The number of hydrogen-bond acceptors (Lipinski definition) is 6. The quantitative estimate of drug-likeness (QED) is 0.535. The SMILES string of the molecule is CC1(O)CCCN(c2nc(NN)cn3ccnc23)C1. The summed E-state index contributed by atoms with van der Waals surface area (Å²) in [5.74, 6) is 6.77. The summed E-state index contributed by atoms with van der Waals surface area (Å²) in [6.07, 6.45) is 7.10. The summed E-state index contributed by atoms with van der Waals surface area (Å²) in [7, 11) is 0. The van der Waals surface area contributed by atoms with E-state index in [9.17, 15) is 5.11 Å². The van der Waals surface area contributed by atoms with Gasteiger partial charge < -0.3 is 19.8 Å². The van der Waals surface area contributed by atoms with Crippen LogP contribution in [0.4, 0.5) is 11.6 Å². The van der Waals surface area contributed by atoms with Crippen LogP contribution in [0.25, 0.3) is 5.65 Å². The molecule has 1 saturated heterocycles. The van der Waals surface area contributed by atoms with Gasteiger partial charge in [0.25, 0.3) is 0 Å². The van der Waals surface area contributed by atoms with Gasteiger partial charge in [-0.15, -0.1) is 0 Å². The Kier molecular flexibility index (Phi) is 2.79. The van der Waals surface area contributed by atoms with Gasteiger partial charge in [0.15, 0.2) is 17.3 Å². The number of aromatic nitrogens is 3. The Hall–Kier alpha value is -1.86. The van der Waals surface area contributed by atoms with Crippen molar-refractivity contribution in [2.75, 3.05) is 23.4 Å². The number of nitrogen functional groups attached to an aromatic ring is 1. The second-order valence-electron chi connectivity index (χ2n) is 5.27. The van der Waals surface area contributed by atoms with Crippen LogP contribution >= 0.6 is 0 Å². The highest BCUT2D eigenvalue weighted by Gasteiger charge is 2.30. The Morgan fingerprint density at radius 3 is 3.11 bits per heavy atom. The summed E-state index contributed by atoms with van der Waals surface area (Å²) >= 11 is 0. The molecule has 2 aromatic heterocycles. The van der Waals surface area contributed by atoms with Crippen LogP contribution in [0.2, 0.25) is 0 Å². The molecule has 1 atom stereocenters. The van der Waals surface area contributed by atoms with Crippen LogP contribution < -0.4 is 16.2 Å². The highest BCUT2D eigenvalue weighted by Crippen LogP contribution is 2.27. The van der Waals surface area contributed by atoms with E-state index < -0.39 is 5.60 Å². The summed E-state index contributed by atoms with van der Waals surface area (Å²) in [5.41, 5.74) is 2.65. The lowest BCUT2D eigenvalue weighted by atomic mass is 9.95. The van der Waals surface area contributed by atoms with E-state index in [1.807, 2.05) is 17.5 Å². The Morgan fingerprint density at radius 2 is 2.37 bits per heavy atom. The topological polar surface area (TPSA) is 91.7 Å². The molecule has 0 aliphatic carbocycles. The van der Waals surface area contributed by atoms with E-state index in [-0.39, 0.29) is 0 Å². The monoisotopic (exact) mass is 262 g/mol. The summed E-state index contributed by atoms with van der Waals surface area (Å²) in [6.45, 7) is 3.27. The van der Waals surface area contributed by atoms with Crippen LogP contribution in [0.3, 0.4) is 0 Å². The lowest BCUT2D eigenvalue weighted by Crippen LogP contribution is -2.46. The number of piperidine rings is 1. The summed E-state index contributed by atoms with van der Waals surface area (Å²) in [4.78, 5) is 10.9. The van der Waals surface area contributed by atoms with Crippen LogP contribution in [0.1, 0.15) is 19.8 Å². The molecule has 0 radical (unpaired) electrons. The van der Waals surface area contributed by atoms with Crippen LogP contribution in [-0.2, 0) is 0 Å². The maximum absolute atomic E-state index is 10.2. The zero-order chi connectivity index (χ0) is 13.5.